The van der Waals surface area contributed by atoms with Crippen LogP contribution in [0.4, 0.5) is 17.2 Å². The molecule has 1 aromatic carbocycles. The highest BCUT2D eigenvalue weighted by molar-refractivity contribution is 7.90. The number of hydrogen-bond acceptors (Lipinski definition) is 6. The second-order valence-corrected chi connectivity index (χ2v) is 7.23. The molecule has 0 unspecified atom stereocenters. The molecule has 2 aromatic rings. The van der Waals surface area contributed by atoms with E-state index in [0.29, 0.717) is 22.7 Å². The van der Waals surface area contributed by atoms with Crippen LogP contribution in [-0.4, -0.2) is 24.6 Å². The number of benzene rings is 1. The van der Waals surface area contributed by atoms with Crippen LogP contribution in [-0.2, 0) is 16.3 Å². The van der Waals surface area contributed by atoms with Crippen LogP contribution in [0.2, 0.25) is 5.02 Å². The summed E-state index contributed by atoms with van der Waals surface area (Å²) in [6, 6.07) is 7.69. The quantitative estimate of drug-likeness (QED) is 0.651. The first kappa shape index (κ1) is 17.2. The highest BCUT2D eigenvalue weighted by Crippen LogP contribution is 2.32. The summed E-state index contributed by atoms with van der Waals surface area (Å²) < 4.78 is 23.5. The Balaban J connectivity index is 2.62. The summed E-state index contributed by atoms with van der Waals surface area (Å²) in [5, 5.41) is 14.5. The van der Waals surface area contributed by atoms with E-state index in [9.17, 15) is 18.5 Å². The Bertz CT molecular complexity index is 851. The minimum absolute atomic E-state index is 0.114. The molecule has 0 bridgehead atoms. The largest absolute Gasteiger partial charge is 0.334 e. The van der Waals surface area contributed by atoms with Crippen LogP contribution in [0.1, 0.15) is 12.5 Å². The normalized spacial score (nSPS) is 11.3. The van der Waals surface area contributed by atoms with Crippen LogP contribution < -0.4 is 5.32 Å². The zero-order valence-electron chi connectivity index (χ0n) is 12.4. The summed E-state index contributed by atoms with van der Waals surface area (Å²) >= 11 is 5.80. The van der Waals surface area contributed by atoms with Crippen molar-refractivity contribution >= 4 is 38.6 Å². The van der Waals surface area contributed by atoms with E-state index in [1.54, 1.807) is 31.2 Å². The average molecular weight is 356 g/mol. The zero-order valence-corrected chi connectivity index (χ0v) is 14.0. The molecule has 0 saturated carbocycles. The van der Waals surface area contributed by atoms with Crippen LogP contribution in [0.15, 0.2) is 35.4 Å². The number of sulfone groups is 1. The fourth-order valence-electron chi connectivity index (χ4n) is 1.99. The van der Waals surface area contributed by atoms with E-state index in [-0.39, 0.29) is 16.5 Å². The maximum Gasteiger partial charge on any atom is 0.314 e. The van der Waals surface area contributed by atoms with Gasteiger partial charge >= 0.3 is 5.69 Å². The van der Waals surface area contributed by atoms with Crippen molar-refractivity contribution < 1.29 is 13.3 Å². The number of aryl methyl sites for hydroxylation is 1. The standard InChI is InChI=1S/C14H14ClN3O4S/c1-3-9-8-12(23(2,21)22)17-14(13(9)18(19)20)16-11-6-4-10(15)5-7-11/h4-8H,3H2,1-2H3,(H,16,17). The number of aromatic nitrogens is 1. The van der Waals surface area contributed by atoms with E-state index in [0.717, 1.165) is 6.26 Å². The van der Waals surface area contributed by atoms with Crippen molar-refractivity contribution in [2.75, 3.05) is 11.6 Å². The van der Waals surface area contributed by atoms with Gasteiger partial charge in [0.25, 0.3) is 0 Å². The molecule has 7 nitrogen and oxygen atoms in total. The van der Waals surface area contributed by atoms with Crippen LogP contribution in [0, 0.1) is 10.1 Å². The van der Waals surface area contributed by atoms with Crippen molar-refractivity contribution in [3.8, 4) is 0 Å². The molecule has 0 atom stereocenters. The van der Waals surface area contributed by atoms with Crippen molar-refractivity contribution in [2.24, 2.45) is 0 Å². The van der Waals surface area contributed by atoms with Gasteiger partial charge in [0.1, 0.15) is 0 Å². The number of anilines is 2. The molecule has 1 heterocycles. The number of hydrogen-bond donors (Lipinski definition) is 1. The number of nitrogens with one attached hydrogen (secondary N) is 1. The zero-order chi connectivity index (χ0) is 17.2. The van der Waals surface area contributed by atoms with Crippen molar-refractivity contribution in [1.82, 2.24) is 4.98 Å². The highest BCUT2D eigenvalue weighted by atomic mass is 35.5. The molecule has 0 saturated heterocycles. The maximum absolute atomic E-state index is 11.8. The smallest absolute Gasteiger partial charge is 0.314 e. The molecule has 0 spiro atoms. The predicted octanol–water partition coefficient (Wildman–Crippen LogP) is 3.35. The first-order valence-electron chi connectivity index (χ1n) is 6.63. The second kappa shape index (κ2) is 6.51. The second-order valence-electron chi connectivity index (χ2n) is 4.83. The lowest BCUT2D eigenvalue weighted by molar-refractivity contribution is -0.384. The third kappa shape index (κ3) is 3.96. The van der Waals surface area contributed by atoms with E-state index in [1.165, 1.54) is 6.07 Å². The molecule has 0 amide bonds. The monoisotopic (exact) mass is 355 g/mol. The summed E-state index contributed by atoms with van der Waals surface area (Å²) in [4.78, 5) is 14.7. The molecule has 9 heteroatoms. The van der Waals surface area contributed by atoms with Crippen LogP contribution in [0.25, 0.3) is 0 Å². The Morgan fingerprint density at radius 3 is 2.39 bits per heavy atom. The van der Waals surface area contributed by atoms with Gasteiger partial charge in [0.15, 0.2) is 14.9 Å². The number of nitro groups is 1. The predicted molar refractivity (Wildman–Crippen MR) is 88.1 cm³/mol. The Hall–Kier alpha value is -2.19. The maximum atomic E-state index is 11.8. The Kier molecular flexibility index (Phi) is 4.86. The summed E-state index contributed by atoms with van der Waals surface area (Å²) in [6.45, 7) is 1.71. The van der Waals surface area contributed by atoms with Crippen molar-refractivity contribution in [3.05, 3.63) is 51.0 Å². The molecular formula is C14H14ClN3O4S. The van der Waals surface area contributed by atoms with Gasteiger partial charge in [0.05, 0.1) is 4.92 Å². The summed E-state index contributed by atoms with van der Waals surface area (Å²) in [5.41, 5.74) is 0.564. The lowest BCUT2D eigenvalue weighted by Gasteiger charge is -2.11. The first-order chi connectivity index (χ1) is 10.7. The number of pyridine rings is 1. The summed E-state index contributed by atoms with van der Waals surface area (Å²) in [7, 11) is -3.59. The fraction of sp³-hybridized carbons (Fsp3) is 0.214. The lowest BCUT2D eigenvalue weighted by atomic mass is 10.1. The first-order valence-corrected chi connectivity index (χ1v) is 8.90. The lowest BCUT2D eigenvalue weighted by Crippen LogP contribution is -2.08. The Labute approximate surface area is 138 Å². The van der Waals surface area contributed by atoms with Gasteiger partial charge in [-0.25, -0.2) is 13.4 Å². The van der Waals surface area contributed by atoms with Gasteiger partial charge in [0.2, 0.25) is 5.82 Å². The van der Waals surface area contributed by atoms with E-state index in [1.807, 2.05) is 0 Å². The van der Waals surface area contributed by atoms with E-state index < -0.39 is 14.8 Å². The van der Waals surface area contributed by atoms with Gasteiger partial charge in [-0.1, -0.05) is 18.5 Å². The number of halogens is 1. The van der Waals surface area contributed by atoms with Gasteiger partial charge in [-0.2, -0.15) is 0 Å². The van der Waals surface area contributed by atoms with Gasteiger partial charge in [-0.05, 0) is 36.8 Å². The van der Waals surface area contributed by atoms with Crippen molar-refractivity contribution in [2.45, 2.75) is 18.4 Å². The number of rotatable bonds is 5. The molecule has 0 radical (unpaired) electrons. The molecular weight excluding hydrogens is 342 g/mol. The van der Waals surface area contributed by atoms with E-state index >= 15 is 0 Å². The fourth-order valence-corrected chi connectivity index (χ4v) is 2.72. The van der Waals surface area contributed by atoms with Crippen LogP contribution >= 0.6 is 11.6 Å². The average Bonchev–Trinajstić information content (AvgIpc) is 2.47. The minimum atomic E-state index is -3.59. The number of nitrogens with zero attached hydrogens (tertiary/aromatic N) is 2. The van der Waals surface area contributed by atoms with Crippen molar-refractivity contribution in [3.63, 3.8) is 0 Å². The molecule has 1 aromatic heterocycles. The molecule has 0 aliphatic carbocycles. The summed E-state index contributed by atoms with van der Waals surface area (Å²) in [5.74, 6) is -0.114. The third-order valence-corrected chi connectivity index (χ3v) is 4.32. The topological polar surface area (TPSA) is 102 Å². The Morgan fingerprint density at radius 1 is 1.30 bits per heavy atom. The molecule has 23 heavy (non-hydrogen) atoms. The summed E-state index contributed by atoms with van der Waals surface area (Å²) in [6.07, 6.45) is 1.31. The minimum Gasteiger partial charge on any atom is -0.334 e. The van der Waals surface area contributed by atoms with Crippen LogP contribution in [0.3, 0.4) is 0 Å². The Morgan fingerprint density at radius 2 is 1.91 bits per heavy atom. The van der Waals surface area contributed by atoms with E-state index in [4.69, 9.17) is 11.6 Å². The molecule has 0 fully saturated rings. The molecule has 1 N–H and O–H groups in total. The molecule has 122 valence electrons. The molecule has 0 aliphatic heterocycles. The van der Waals surface area contributed by atoms with E-state index in [2.05, 4.69) is 10.3 Å². The molecule has 0 aliphatic rings. The van der Waals surface area contributed by atoms with Gasteiger partial charge < -0.3 is 5.32 Å². The van der Waals surface area contributed by atoms with Gasteiger partial charge in [0, 0.05) is 22.5 Å². The van der Waals surface area contributed by atoms with Gasteiger partial charge in [-0.15, -0.1) is 0 Å². The molecule has 2 rings (SSSR count). The highest BCUT2D eigenvalue weighted by Gasteiger charge is 2.25. The van der Waals surface area contributed by atoms with Crippen LogP contribution in [0.5, 0.6) is 0 Å². The SMILES string of the molecule is CCc1cc(S(C)(=O)=O)nc(Nc2ccc(Cl)cc2)c1[N+](=O)[O-]. The van der Waals surface area contributed by atoms with Gasteiger partial charge in [-0.3, -0.25) is 10.1 Å². The van der Waals surface area contributed by atoms with Crippen molar-refractivity contribution in [1.29, 1.82) is 0 Å². The third-order valence-electron chi connectivity index (χ3n) is 3.10.